The minimum atomic E-state index is -5.54. The van der Waals surface area contributed by atoms with Crippen LogP contribution in [0.4, 0.5) is 16.2 Å². The Morgan fingerprint density at radius 2 is 1.91 bits per heavy atom. The van der Waals surface area contributed by atoms with E-state index >= 15 is 0 Å². The molecule has 0 unspecified atom stereocenters. The van der Waals surface area contributed by atoms with Gasteiger partial charge in [0.25, 0.3) is 10.0 Å². The Morgan fingerprint density at radius 3 is 2.47 bits per heavy atom. The van der Waals surface area contributed by atoms with Crippen LogP contribution in [0.25, 0.3) is 0 Å². The molecule has 1 aromatic heterocycles. The van der Waals surface area contributed by atoms with Gasteiger partial charge in [-0.15, -0.1) is 0 Å². The summed E-state index contributed by atoms with van der Waals surface area (Å²) < 4.78 is 41.4. The first-order valence-electron chi connectivity index (χ1n) is 8.67. The van der Waals surface area contributed by atoms with Gasteiger partial charge >= 0.3 is 65.1 Å². The summed E-state index contributed by atoms with van der Waals surface area (Å²) in [6, 6.07) is 6.85. The number of nitrogens with one attached hydrogen (secondary N) is 2. The number of aromatic nitrogens is 1. The maximum Gasteiger partial charge on any atom is 1.00 e. The molecule has 2 N–H and O–H groups in total. The quantitative estimate of drug-likeness (QED) is 0.204. The Hall–Kier alpha value is -0.500. The van der Waals surface area contributed by atoms with Crippen molar-refractivity contribution in [1.29, 1.82) is 0 Å². The fraction of sp³-hybridized carbons (Fsp3) is 0.294. The maximum atomic E-state index is 13.2. The van der Waals surface area contributed by atoms with Crippen LogP contribution in [0.2, 0.25) is 0 Å². The van der Waals surface area contributed by atoms with Crippen LogP contribution in [0.15, 0.2) is 47.6 Å². The van der Waals surface area contributed by atoms with Crippen LogP contribution in [0.1, 0.15) is 19.4 Å². The van der Waals surface area contributed by atoms with Crippen molar-refractivity contribution >= 4 is 35.3 Å². The Balaban J connectivity index is 0.00000480. The number of hydrogen-bond donors (Lipinski definition) is 2. The number of aryl methyl sites for hydroxylation is 1. The Bertz CT molecular complexity index is 1070. The molecule has 0 radical (unpaired) electrons. The number of urea groups is 1. The summed E-state index contributed by atoms with van der Waals surface area (Å²) in [5.41, 5.74) is 1.59. The summed E-state index contributed by atoms with van der Waals surface area (Å²) in [4.78, 5) is 37.5. The van der Waals surface area contributed by atoms with E-state index < -0.39 is 41.5 Å². The third-order valence-electron chi connectivity index (χ3n) is 3.62. The van der Waals surface area contributed by atoms with Crippen LogP contribution in [0, 0.1) is 6.92 Å². The summed E-state index contributed by atoms with van der Waals surface area (Å²) in [6.45, 7) is 3.69. The van der Waals surface area contributed by atoms with E-state index in [4.69, 9.17) is 0 Å². The van der Waals surface area contributed by atoms with Crippen molar-refractivity contribution in [2.24, 2.45) is 0 Å². The number of carbonyl (C=O) groups excluding carboxylic acids is 1. The van der Waals surface area contributed by atoms with Crippen LogP contribution >= 0.6 is 7.82 Å². The largest absolute Gasteiger partial charge is 1.00 e. The van der Waals surface area contributed by atoms with E-state index in [0.717, 1.165) is 11.8 Å². The molecule has 0 atom stereocenters. The zero-order chi connectivity index (χ0) is 22.5. The minimum absolute atomic E-state index is 0. The number of rotatable bonds is 8. The minimum Gasteiger partial charge on any atom is -0.790 e. The number of nitrogens with zero attached hydrogens (tertiary/aromatic N) is 2. The van der Waals surface area contributed by atoms with Gasteiger partial charge in [0.05, 0.1) is 13.5 Å². The van der Waals surface area contributed by atoms with Crippen molar-refractivity contribution < 1.29 is 91.2 Å². The number of benzene rings is 1. The van der Waals surface area contributed by atoms with Gasteiger partial charge in [-0.1, -0.05) is 12.1 Å². The molecule has 2 rings (SSSR count). The van der Waals surface area contributed by atoms with Crippen molar-refractivity contribution in [1.82, 2.24) is 14.6 Å². The molecule has 1 aromatic carbocycles. The predicted molar refractivity (Wildman–Crippen MR) is 105 cm³/mol. The molecule has 0 bridgehead atoms. The van der Waals surface area contributed by atoms with Gasteiger partial charge in [-0.3, -0.25) is 4.98 Å². The molecule has 32 heavy (non-hydrogen) atoms. The second kappa shape index (κ2) is 13.4. The van der Waals surface area contributed by atoms with Crippen molar-refractivity contribution in [2.75, 3.05) is 12.0 Å². The average Bonchev–Trinajstić information content (AvgIpc) is 2.60. The number of hydrogen-bond acceptors (Lipinski definition) is 9. The normalized spacial score (nSPS) is 11.2. The van der Waals surface area contributed by atoms with Crippen molar-refractivity contribution in [3.63, 3.8) is 0 Å². The van der Waals surface area contributed by atoms with Gasteiger partial charge in [-0.05, 0) is 44.5 Å². The molecular weight excluding hydrogens is 481 g/mol. The second-order valence-corrected chi connectivity index (χ2v) is 9.51. The van der Waals surface area contributed by atoms with E-state index in [2.05, 4.69) is 20.1 Å². The molecule has 15 heteroatoms. The van der Waals surface area contributed by atoms with Crippen LogP contribution in [0.3, 0.4) is 0 Å². The molecule has 164 valence electrons. The molecule has 11 nitrogen and oxygen atoms in total. The number of sulfonamides is 1. The van der Waals surface area contributed by atoms with Gasteiger partial charge in [-0.2, -0.15) is 4.31 Å². The number of anilines is 2. The zero-order valence-corrected chi connectivity index (χ0v) is 24.1. The van der Waals surface area contributed by atoms with Crippen molar-refractivity contribution in [3.05, 3.63) is 48.3 Å². The van der Waals surface area contributed by atoms with E-state index in [9.17, 15) is 27.6 Å². The van der Waals surface area contributed by atoms with Crippen LogP contribution in [-0.4, -0.2) is 36.5 Å². The van der Waals surface area contributed by atoms with Gasteiger partial charge in [0.1, 0.15) is 11.6 Å². The molecule has 2 amide bonds. The van der Waals surface area contributed by atoms with Gasteiger partial charge < -0.3 is 29.5 Å². The topological polar surface area (TPSA) is 164 Å². The molecule has 0 saturated carbocycles. The van der Waals surface area contributed by atoms with Crippen LogP contribution < -0.4 is 79.5 Å². The van der Waals surface area contributed by atoms with Crippen molar-refractivity contribution in [2.45, 2.75) is 31.7 Å². The Kier molecular flexibility index (Phi) is 13.2. The fourth-order valence-electron chi connectivity index (χ4n) is 2.37. The molecule has 2 aromatic rings. The van der Waals surface area contributed by atoms with Gasteiger partial charge in [0.15, 0.2) is 0 Å². The zero-order valence-electron chi connectivity index (χ0n) is 18.4. The molecule has 0 spiro atoms. The summed E-state index contributed by atoms with van der Waals surface area (Å²) in [7, 11) is -10.2. The molecule has 0 fully saturated rings. The van der Waals surface area contributed by atoms with E-state index in [0.29, 0.717) is 5.69 Å². The third kappa shape index (κ3) is 9.40. The molecular formula is C17H21N4Na2O7PS. The average molecular weight is 502 g/mol. The smallest absolute Gasteiger partial charge is 0.790 e. The molecule has 1 heterocycles. The number of carbonyl (C=O) groups is 1. The summed E-state index contributed by atoms with van der Waals surface area (Å²) >= 11 is 0. The van der Waals surface area contributed by atoms with E-state index in [1.54, 1.807) is 32.0 Å². The molecule has 0 aliphatic rings. The van der Waals surface area contributed by atoms with E-state index in [1.807, 2.05) is 13.0 Å². The van der Waals surface area contributed by atoms with Crippen LogP contribution in [-0.2, 0) is 19.1 Å². The first-order chi connectivity index (χ1) is 13.9. The summed E-state index contributed by atoms with van der Waals surface area (Å²) in [5, 5.41) is 5.25. The van der Waals surface area contributed by atoms with E-state index in [1.165, 1.54) is 12.3 Å². The monoisotopic (exact) mass is 502 g/mol. The standard InChI is InChI=1S/C17H23N4O7PS.2Na/c1-12(2)19-17(22)21(11-28-29(23,24)25)30(26,27)16-10-18-8-7-15(16)20-14-6-4-5-13(3)9-14;;/h4-10,12H,11H2,1-3H3,(H,18,20)(H,19,22)(H2,23,24,25);;/q;2*+1/p-2. The predicted octanol–water partition coefficient (Wildman–Crippen LogP) is -4.95. The van der Waals surface area contributed by atoms with Gasteiger partial charge in [-0.25, -0.2) is 13.2 Å². The number of amides is 2. The number of pyridine rings is 1. The van der Waals surface area contributed by atoms with Crippen molar-refractivity contribution in [3.8, 4) is 0 Å². The molecule has 0 saturated heterocycles. The Morgan fingerprint density at radius 1 is 1.25 bits per heavy atom. The van der Waals surface area contributed by atoms with E-state index in [-0.39, 0.29) is 69.1 Å². The third-order valence-corrected chi connectivity index (χ3v) is 5.79. The Labute approximate surface area is 231 Å². The van der Waals surface area contributed by atoms with Crippen LogP contribution in [0.5, 0.6) is 0 Å². The molecule has 0 aliphatic carbocycles. The summed E-state index contributed by atoms with van der Waals surface area (Å²) in [6.07, 6.45) is 2.34. The first kappa shape index (κ1) is 31.5. The number of phosphoric ester groups is 1. The van der Waals surface area contributed by atoms with Gasteiger partial charge in [0, 0.05) is 24.1 Å². The summed E-state index contributed by atoms with van der Waals surface area (Å²) in [5.74, 6) is 0. The fourth-order valence-corrected chi connectivity index (χ4v) is 3.99. The molecule has 0 aliphatic heterocycles. The second-order valence-electron chi connectivity index (χ2n) is 6.53. The maximum absolute atomic E-state index is 13.2. The number of phosphoric acid groups is 1. The first-order valence-corrected chi connectivity index (χ1v) is 11.6. The van der Waals surface area contributed by atoms with Gasteiger partial charge in [0.2, 0.25) is 0 Å². The SMILES string of the molecule is Cc1cccc(Nc2ccncc2S(=O)(=O)N(COP(=O)([O-])[O-])C(=O)NC(C)C)c1.[Na+].[Na+].